The molecule has 5 nitrogen and oxygen atoms in total. The molecule has 5 heteroatoms. The molecule has 1 aromatic heterocycles. The molecule has 20 heavy (non-hydrogen) atoms. The molecule has 0 saturated carbocycles. The van der Waals surface area contributed by atoms with Crippen molar-refractivity contribution in [2.24, 2.45) is 0 Å². The monoisotopic (exact) mass is 273 g/mol. The number of nitrogens with one attached hydrogen (secondary N) is 2. The van der Waals surface area contributed by atoms with Crippen molar-refractivity contribution in [1.82, 2.24) is 10.2 Å². The maximum Gasteiger partial charge on any atom is 0.228 e. The Labute approximate surface area is 118 Å². The van der Waals surface area contributed by atoms with Crippen LogP contribution >= 0.6 is 0 Å². The summed E-state index contributed by atoms with van der Waals surface area (Å²) in [7, 11) is 0. The van der Waals surface area contributed by atoms with Crippen molar-refractivity contribution in [1.29, 1.82) is 0 Å². The van der Waals surface area contributed by atoms with Crippen LogP contribution in [0.3, 0.4) is 0 Å². The van der Waals surface area contributed by atoms with Crippen LogP contribution in [0.1, 0.15) is 23.1 Å². The van der Waals surface area contributed by atoms with Crippen LogP contribution in [-0.4, -0.2) is 22.7 Å². The van der Waals surface area contributed by atoms with Crippen LogP contribution in [-0.2, 0) is 4.79 Å². The third-order valence-corrected chi connectivity index (χ3v) is 3.02. The standard InChI is InChI=1S/C15H19N3O2/c1-10-4-5-11(2)13(8-10)20-7-6-14(19)17-15-12(3)9-16-18-15/h4-5,8-9H,6-7H2,1-3H3,(H2,16,17,18,19). The highest BCUT2D eigenvalue weighted by atomic mass is 16.5. The highest BCUT2D eigenvalue weighted by molar-refractivity contribution is 5.90. The Bertz CT molecular complexity index is 605. The Morgan fingerprint density at radius 3 is 2.80 bits per heavy atom. The van der Waals surface area contributed by atoms with Gasteiger partial charge in [0.2, 0.25) is 5.91 Å². The van der Waals surface area contributed by atoms with Gasteiger partial charge in [-0.1, -0.05) is 12.1 Å². The van der Waals surface area contributed by atoms with Gasteiger partial charge in [-0.3, -0.25) is 9.89 Å². The number of nitrogens with zero attached hydrogens (tertiary/aromatic N) is 1. The Kier molecular flexibility index (Phi) is 4.40. The Morgan fingerprint density at radius 2 is 2.10 bits per heavy atom. The number of ether oxygens (including phenoxy) is 1. The van der Waals surface area contributed by atoms with Gasteiger partial charge in [-0.2, -0.15) is 5.10 Å². The molecule has 1 aromatic carbocycles. The number of aromatic amines is 1. The molecule has 0 aliphatic carbocycles. The Morgan fingerprint density at radius 1 is 1.30 bits per heavy atom. The summed E-state index contributed by atoms with van der Waals surface area (Å²) in [5.41, 5.74) is 3.12. The van der Waals surface area contributed by atoms with Gasteiger partial charge in [-0.15, -0.1) is 0 Å². The topological polar surface area (TPSA) is 67.0 Å². The first kappa shape index (κ1) is 14.1. The van der Waals surface area contributed by atoms with Gasteiger partial charge in [0.15, 0.2) is 0 Å². The van der Waals surface area contributed by atoms with Crippen molar-refractivity contribution < 1.29 is 9.53 Å². The first-order chi connectivity index (χ1) is 9.56. The molecular formula is C15H19N3O2. The fourth-order valence-electron chi connectivity index (χ4n) is 1.79. The summed E-state index contributed by atoms with van der Waals surface area (Å²) in [4.78, 5) is 11.8. The number of amides is 1. The molecule has 2 N–H and O–H groups in total. The first-order valence-corrected chi connectivity index (χ1v) is 6.56. The second-order valence-corrected chi connectivity index (χ2v) is 4.84. The van der Waals surface area contributed by atoms with E-state index in [2.05, 4.69) is 15.5 Å². The van der Waals surface area contributed by atoms with Gasteiger partial charge in [0.25, 0.3) is 0 Å². The van der Waals surface area contributed by atoms with Crippen molar-refractivity contribution in [3.63, 3.8) is 0 Å². The Balaban J connectivity index is 1.82. The number of rotatable bonds is 5. The van der Waals surface area contributed by atoms with Crippen LogP contribution in [0.15, 0.2) is 24.4 Å². The molecule has 0 saturated heterocycles. The van der Waals surface area contributed by atoms with Crippen molar-refractivity contribution in [3.8, 4) is 5.75 Å². The normalized spacial score (nSPS) is 10.3. The minimum absolute atomic E-state index is 0.0948. The van der Waals surface area contributed by atoms with E-state index in [1.165, 1.54) is 0 Å². The molecule has 1 amide bonds. The lowest BCUT2D eigenvalue weighted by atomic mass is 10.1. The molecule has 0 bridgehead atoms. The molecule has 0 aliphatic heterocycles. The van der Waals surface area contributed by atoms with Crippen LogP contribution in [0.2, 0.25) is 0 Å². The predicted molar refractivity (Wildman–Crippen MR) is 78.0 cm³/mol. The van der Waals surface area contributed by atoms with E-state index in [0.29, 0.717) is 18.8 Å². The zero-order valence-electron chi connectivity index (χ0n) is 12.0. The maximum absolute atomic E-state index is 11.8. The maximum atomic E-state index is 11.8. The van der Waals surface area contributed by atoms with Crippen LogP contribution in [0.4, 0.5) is 5.82 Å². The zero-order valence-corrected chi connectivity index (χ0v) is 12.0. The molecular weight excluding hydrogens is 254 g/mol. The van der Waals surface area contributed by atoms with Crippen LogP contribution in [0, 0.1) is 20.8 Å². The second kappa shape index (κ2) is 6.23. The van der Waals surface area contributed by atoms with Gasteiger partial charge in [0.05, 0.1) is 19.2 Å². The highest BCUT2D eigenvalue weighted by Crippen LogP contribution is 2.19. The van der Waals surface area contributed by atoms with Gasteiger partial charge in [-0.25, -0.2) is 0 Å². The number of carbonyl (C=O) groups is 1. The van der Waals surface area contributed by atoms with E-state index in [1.807, 2.05) is 39.0 Å². The average molecular weight is 273 g/mol. The molecule has 0 spiro atoms. The minimum Gasteiger partial charge on any atom is -0.493 e. The summed E-state index contributed by atoms with van der Waals surface area (Å²) in [6.45, 7) is 6.23. The number of hydrogen-bond acceptors (Lipinski definition) is 3. The van der Waals surface area contributed by atoms with E-state index in [1.54, 1.807) is 6.20 Å². The minimum atomic E-state index is -0.0948. The summed E-state index contributed by atoms with van der Waals surface area (Å²) in [5, 5.41) is 9.36. The van der Waals surface area contributed by atoms with Crippen molar-refractivity contribution in [3.05, 3.63) is 41.1 Å². The van der Waals surface area contributed by atoms with E-state index < -0.39 is 0 Å². The van der Waals surface area contributed by atoms with Gasteiger partial charge in [-0.05, 0) is 38.0 Å². The van der Waals surface area contributed by atoms with E-state index in [-0.39, 0.29) is 5.91 Å². The third-order valence-electron chi connectivity index (χ3n) is 3.02. The van der Waals surface area contributed by atoms with Crippen molar-refractivity contribution in [2.75, 3.05) is 11.9 Å². The van der Waals surface area contributed by atoms with E-state index in [9.17, 15) is 4.79 Å². The van der Waals surface area contributed by atoms with Crippen molar-refractivity contribution >= 4 is 11.7 Å². The zero-order chi connectivity index (χ0) is 14.5. The molecule has 2 rings (SSSR count). The number of hydrogen-bond donors (Lipinski definition) is 2. The third kappa shape index (κ3) is 3.60. The molecule has 0 aliphatic rings. The molecule has 0 radical (unpaired) electrons. The lowest BCUT2D eigenvalue weighted by molar-refractivity contribution is -0.116. The molecule has 0 fully saturated rings. The van der Waals surface area contributed by atoms with Gasteiger partial charge in [0, 0.05) is 5.56 Å². The summed E-state index contributed by atoms with van der Waals surface area (Å²) < 4.78 is 5.65. The lowest BCUT2D eigenvalue weighted by Gasteiger charge is -2.10. The first-order valence-electron chi connectivity index (χ1n) is 6.56. The fourth-order valence-corrected chi connectivity index (χ4v) is 1.79. The smallest absolute Gasteiger partial charge is 0.228 e. The highest BCUT2D eigenvalue weighted by Gasteiger charge is 2.07. The quantitative estimate of drug-likeness (QED) is 0.880. The van der Waals surface area contributed by atoms with Crippen LogP contribution in [0.25, 0.3) is 0 Å². The second-order valence-electron chi connectivity index (χ2n) is 4.84. The number of anilines is 1. The SMILES string of the molecule is Cc1ccc(C)c(OCCC(=O)Nc2[nH]ncc2C)c1. The number of aryl methyl sites for hydroxylation is 3. The van der Waals surface area contributed by atoms with Gasteiger partial charge >= 0.3 is 0 Å². The molecule has 0 unspecified atom stereocenters. The van der Waals surface area contributed by atoms with Gasteiger partial charge < -0.3 is 10.1 Å². The summed E-state index contributed by atoms with van der Waals surface area (Å²) >= 11 is 0. The van der Waals surface area contributed by atoms with E-state index >= 15 is 0 Å². The summed E-state index contributed by atoms with van der Waals surface area (Å²) in [6.07, 6.45) is 1.97. The van der Waals surface area contributed by atoms with E-state index in [0.717, 1.165) is 22.4 Å². The number of aromatic nitrogens is 2. The molecule has 0 atom stereocenters. The van der Waals surface area contributed by atoms with Crippen LogP contribution in [0.5, 0.6) is 5.75 Å². The predicted octanol–water partition coefficient (Wildman–Crippen LogP) is 2.74. The number of benzene rings is 1. The molecule has 106 valence electrons. The molecule has 1 heterocycles. The largest absolute Gasteiger partial charge is 0.493 e. The summed E-state index contributed by atoms with van der Waals surface area (Å²) in [5.74, 6) is 1.37. The molecule has 2 aromatic rings. The number of carbonyl (C=O) groups excluding carboxylic acids is 1. The summed E-state index contributed by atoms with van der Waals surface area (Å²) in [6, 6.07) is 6.03. The van der Waals surface area contributed by atoms with E-state index in [4.69, 9.17) is 4.74 Å². The van der Waals surface area contributed by atoms with Gasteiger partial charge in [0.1, 0.15) is 11.6 Å². The number of H-pyrrole nitrogens is 1. The van der Waals surface area contributed by atoms with Crippen molar-refractivity contribution in [2.45, 2.75) is 27.2 Å². The average Bonchev–Trinajstić information content (AvgIpc) is 2.79. The lowest BCUT2D eigenvalue weighted by Crippen LogP contribution is -2.16. The Hall–Kier alpha value is -2.30. The fraction of sp³-hybridized carbons (Fsp3) is 0.333. The van der Waals surface area contributed by atoms with Crippen LogP contribution < -0.4 is 10.1 Å².